The molecule has 14 heavy (non-hydrogen) atoms. The van der Waals surface area contributed by atoms with Gasteiger partial charge in [-0.1, -0.05) is 0 Å². The molecule has 0 spiro atoms. The zero-order valence-corrected chi connectivity index (χ0v) is 10.3. The van der Waals surface area contributed by atoms with E-state index in [9.17, 15) is 0 Å². The Hall–Kier alpha value is -0.100. The molecule has 1 heterocycles. The second-order valence-electron chi connectivity index (χ2n) is 3.17. The molecule has 0 aliphatic rings. The first-order valence-electron chi connectivity index (χ1n) is 4.57. The van der Waals surface area contributed by atoms with Crippen molar-refractivity contribution in [1.29, 1.82) is 0 Å². The first-order chi connectivity index (χ1) is 6.76. The van der Waals surface area contributed by atoms with Gasteiger partial charge in [0.05, 0.1) is 5.69 Å². The fraction of sp³-hybridized carbons (Fsp3) is 0.667. The summed E-state index contributed by atoms with van der Waals surface area (Å²) in [4.78, 5) is 6.71. The highest BCUT2D eigenvalue weighted by atomic mass is 32.2. The van der Waals surface area contributed by atoms with Crippen molar-refractivity contribution in [3.8, 4) is 0 Å². The molecular formula is C9H17N3S2. The largest absolute Gasteiger partial charge is 0.325 e. The van der Waals surface area contributed by atoms with Gasteiger partial charge in [0.2, 0.25) is 0 Å². The van der Waals surface area contributed by atoms with Gasteiger partial charge >= 0.3 is 0 Å². The molecule has 3 nitrogen and oxygen atoms in total. The second-order valence-corrected chi connectivity index (χ2v) is 5.10. The number of thiazole rings is 1. The van der Waals surface area contributed by atoms with Crippen LogP contribution < -0.4 is 5.73 Å². The summed E-state index contributed by atoms with van der Waals surface area (Å²) in [7, 11) is 2.12. The lowest BCUT2D eigenvalue weighted by Crippen LogP contribution is -2.20. The maximum absolute atomic E-state index is 5.51. The van der Waals surface area contributed by atoms with Crippen molar-refractivity contribution in [2.24, 2.45) is 5.73 Å². The molecule has 0 aliphatic carbocycles. The second kappa shape index (κ2) is 6.40. The third kappa shape index (κ3) is 3.96. The summed E-state index contributed by atoms with van der Waals surface area (Å²) in [6.07, 6.45) is 2.13. The lowest BCUT2D eigenvalue weighted by molar-refractivity contribution is 0.345. The Balaban J connectivity index is 2.35. The standard InChI is InChI=1S/C9H17N3S2/c1-12(3-4-13-2)6-8-7-14-9(5-10)11-8/h7H,3-6,10H2,1-2H3. The van der Waals surface area contributed by atoms with E-state index in [0.29, 0.717) is 6.54 Å². The summed E-state index contributed by atoms with van der Waals surface area (Å²) < 4.78 is 0. The van der Waals surface area contributed by atoms with Crippen LogP contribution >= 0.6 is 23.1 Å². The van der Waals surface area contributed by atoms with Gasteiger partial charge < -0.3 is 5.73 Å². The van der Waals surface area contributed by atoms with E-state index in [0.717, 1.165) is 23.8 Å². The summed E-state index contributed by atoms with van der Waals surface area (Å²) in [5.41, 5.74) is 6.64. The van der Waals surface area contributed by atoms with Crippen molar-refractivity contribution in [3.05, 3.63) is 16.1 Å². The van der Waals surface area contributed by atoms with Crippen molar-refractivity contribution >= 4 is 23.1 Å². The lowest BCUT2D eigenvalue weighted by Gasteiger charge is -2.13. The molecule has 80 valence electrons. The van der Waals surface area contributed by atoms with E-state index in [4.69, 9.17) is 5.73 Å². The van der Waals surface area contributed by atoms with Crippen LogP contribution in [0.3, 0.4) is 0 Å². The normalized spacial score (nSPS) is 11.1. The monoisotopic (exact) mass is 231 g/mol. The number of aromatic nitrogens is 1. The van der Waals surface area contributed by atoms with Crippen LogP contribution in [0.25, 0.3) is 0 Å². The quantitative estimate of drug-likeness (QED) is 0.803. The average Bonchev–Trinajstić information content (AvgIpc) is 2.62. The van der Waals surface area contributed by atoms with Crippen LogP contribution in [0.1, 0.15) is 10.7 Å². The Bertz CT molecular complexity index is 262. The van der Waals surface area contributed by atoms with Crippen LogP contribution in [0.5, 0.6) is 0 Å². The summed E-state index contributed by atoms with van der Waals surface area (Å²) in [5.74, 6) is 1.17. The van der Waals surface area contributed by atoms with E-state index < -0.39 is 0 Å². The summed E-state index contributed by atoms with van der Waals surface area (Å²) >= 11 is 3.52. The Kier molecular flexibility index (Phi) is 5.47. The minimum Gasteiger partial charge on any atom is -0.325 e. The molecule has 0 fully saturated rings. The summed E-state index contributed by atoms with van der Waals surface area (Å²) in [6, 6.07) is 0. The fourth-order valence-electron chi connectivity index (χ4n) is 1.12. The molecule has 0 aliphatic heterocycles. The van der Waals surface area contributed by atoms with E-state index in [2.05, 4.69) is 28.6 Å². The van der Waals surface area contributed by atoms with Crippen LogP contribution in [0.2, 0.25) is 0 Å². The molecule has 2 N–H and O–H groups in total. The van der Waals surface area contributed by atoms with Crippen LogP contribution in [0.15, 0.2) is 5.38 Å². The minimum atomic E-state index is 0.555. The Labute approximate surface area is 93.7 Å². The highest BCUT2D eigenvalue weighted by molar-refractivity contribution is 7.98. The van der Waals surface area contributed by atoms with Gasteiger partial charge in [-0.25, -0.2) is 4.98 Å². The first kappa shape index (κ1) is 12.0. The van der Waals surface area contributed by atoms with Gasteiger partial charge in [-0.2, -0.15) is 11.8 Å². The van der Waals surface area contributed by atoms with Gasteiger partial charge in [0.15, 0.2) is 0 Å². The van der Waals surface area contributed by atoms with E-state index >= 15 is 0 Å². The van der Waals surface area contributed by atoms with Crippen LogP contribution in [0, 0.1) is 0 Å². The fourth-order valence-corrected chi connectivity index (χ4v) is 2.28. The molecule has 5 heteroatoms. The van der Waals surface area contributed by atoms with Crippen molar-refractivity contribution in [2.75, 3.05) is 25.6 Å². The molecule has 0 saturated heterocycles. The highest BCUT2D eigenvalue weighted by Crippen LogP contribution is 2.10. The van der Waals surface area contributed by atoms with Gasteiger partial charge in [-0.15, -0.1) is 11.3 Å². The van der Waals surface area contributed by atoms with Crippen molar-refractivity contribution in [1.82, 2.24) is 9.88 Å². The SMILES string of the molecule is CSCCN(C)Cc1csc(CN)n1. The van der Waals surface area contributed by atoms with E-state index in [1.807, 2.05) is 11.8 Å². The van der Waals surface area contributed by atoms with Gasteiger partial charge in [0.1, 0.15) is 5.01 Å². The lowest BCUT2D eigenvalue weighted by atomic mass is 10.4. The zero-order valence-electron chi connectivity index (χ0n) is 8.69. The van der Waals surface area contributed by atoms with E-state index in [-0.39, 0.29) is 0 Å². The maximum atomic E-state index is 5.51. The van der Waals surface area contributed by atoms with Gasteiger partial charge in [-0.05, 0) is 13.3 Å². The molecule has 1 aromatic rings. The van der Waals surface area contributed by atoms with Crippen LogP contribution in [-0.2, 0) is 13.1 Å². The van der Waals surface area contributed by atoms with Gasteiger partial charge in [0, 0.05) is 30.8 Å². The van der Waals surface area contributed by atoms with Crippen LogP contribution in [-0.4, -0.2) is 35.5 Å². The first-order valence-corrected chi connectivity index (χ1v) is 6.84. The van der Waals surface area contributed by atoms with Crippen molar-refractivity contribution in [2.45, 2.75) is 13.1 Å². The Morgan fingerprint density at radius 1 is 1.64 bits per heavy atom. The molecule has 0 saturated carbocycles. The van der Waals surface area contributed by atoms with Gasteiger partial charge in [0.25, 0.3) is 0 Å². The Morgan fingerprint density at radius 2 is 2.43 bits per heavy atom. The van der Waals surface area contributed by atoms with Crippen LogP contribution in [0.4, 0.5) is 0 Å². The molecule has 0 amide bonds. The predicted octanol–water partition coefficient (Wildman–Crippen LogP) is 1.40. The number of hydrogen-bond acceptors (Lipinski definition) is 5. The van der Waals surface area contributed by atoms with Crippen molar-refractivity contribution < 1.29 is 0 Å². The smallest absolute Gasteiger partial charge is 0.106 e. The highest BCUT2D eigenvalue weighted by Gasteiger charge is 2.03. The predicted molar refractivity (Wildman–Crippen MR) is 64.7 cm³/mol. The van der Waals surface area contributed by atoms with E-state index in [1.54, 1.807) is 11.3 Å². The molecule has 0 unspecified atom stereocenters. The molecule has 1 aromatic heterocycles. The average molecular weight is 231 g/mol. The topological polar surface area (TPSA) is 42.1 Å². The third-order valence-corrected chi connectivity index (χ3v) is 3.39. The molecule has 0 radical (unpaired) electrons. The number of nitrogens with two attached hydrogens (primary N) is 1. The molecule has 1 rings (SSSR count). The summed E-state index contributed by atoms with van der Waals surface area (Å²) in [6.45, 7) is 2.59. The maximum Gasteiger partial charge on any atom is 0.106 e. The number of rotatable bonds is 6. The zero-order chi connectivity index (χ0) is 10.4. The van der Waals surface area contributed by atoms with Crippen molar-refractivity contribution in [3.63, 3.8) is 0 Å². The third-order valence-electron chi connectivity index (χ3n) is 1.88. The van der Waals surface area contributed by atoms with E-state index in [1.165, 1.54) is 5.75 Å². The van der Waals surface area contributed by atoms with Gasteiger partial charge in [-0.3, -0.25) is 4.90 Å². The Morgan fingerprint density at radius 3 is 3.00 bits per heavy atom. The number of hydrogen-bond donors (Lipinski definition) is 1. The molecular weight excluding hydrogens is 214 g/mol. The minimum absolute atomic E-state index is 0.555. The number of nitrogens with zero attached hydrogens (tertiary/aromatic N) is 2. The number of thioether (sulfide) groups is 1. The molecule has 0 bridgehead atoms. The summed E-state index contributed by atoms with van der Waals surface area (Å²) in [5, 5.41) is 3.12. The molecule has 0 atom stereocenters. The molecule has 0 aromatic carbocycles.